The normalized spacial score (nSPS) is 12.7. The molecule has 2 rings (SSSR count). The van der Waals surface area contributed by atoms with Gasteiger partial charge in [0.2, 0.25) is 0 Å². The minimum atomic E-state index is -1.45. The second-order valence-electron chi connectivity index (χ2n) is 6.91. The fourth-order valence-corrected chi connectivity index (χ4v) is 2.73. The molecule has 0 aromatic heterocycles. The van der Waals surface area contributed by atoms with Gasteiger partial charge in [-0.3, -0.25) is 0 Å². The topological polar surface area (TPSA) is 88.4 Å². The number of aliphatic hydroxyl groups is 3. The highest BCUT2D eigenvalue weighted by molar-refractivity contribution is 5.40. The maximum Gasteiger partial charge on any atom is 0.254 e. The Labute approximate surface area is 159 Å². The van der Waals surface area contributed by atoms with Gasteiger partial charge in [0.15, 0.2) is 5.75 Å². The van der Waals surface area contributed by atoms with Crippen LogP contribution in [0.4, 0.5) is 0 Å². The molecule has 2 aromatic rings. The molecule has 0 fully saturated rings. The van der Waals surface area contributed by atoms with Crippen LogP contribution in [0.2, 0.25) is 0 Å². The minimum Gasteiger partial charge on any atom is -0.460 e. The first kappa shape index (κ1) is 21.2. The van der Waals surface area contributed by atoms with Crippen molar-refractivity contribution in [1.82, 2.24) is 0 Å². The van der Waals surface area contributed by atoms with E-state index >= 15 is 0 Å². The number of para-hydroxylation sites is 2. The fraction of sp³-hybridized carbons (Fsp3) is 0.429. The van der Waals surface area contributed by atoms with Crippen molar-refractivity contribution in [3.05, 3.63) is 58.7 Å². The number of hydrogen-bond acceptors (Lipinski definition) is 6. The van der Waals surface area contributed by atoms with Crippen molar-refractivity contribution in [2.45, 2.75) is 34.0 Å². The fourth-order valence-electron chi connectivity index (χ4n) is 2.73. The zero-order chi connectivity index (χ0) is 20.0. The standard InChI is InChI=1S/C21H28O6/c1-14-7-5-8-15(2)18(14)25-20(21(11-22,12-23)13-24)27-26-19-16(3)9-6-10-17(19)4/h5-10,20,22-24H,11-13H2,1-4H3. The molecule has 0 heterocycles. The smallest absolute Gasteiger partial charge is 0.254 e. The molecule has 0 amide bonds. The predicted octanol–water partition coefficient (Wildman–Crippen LogP) is 2.60. The molecule has 0 aliphatic carbocycles. The van der Waals surface area contributed by atoms with Gasteiger partial charge in [-0.25, -0.2) is 0 Å². The van der Waals surface area contributed by atoms with E-state index in [2.05, 4.69) is 0 Å². The van der Waals surface area contributed by atoms with Gasteiger partial charge in [-0.1, -0.05) is 36.4 Å². The second-order valence-corrected chi connectivity index (χ2v) is 6.91. The number of ether oxygens (including phenoxy) is 1. The first-order chi connectivity index (χ1) is 12.9. The molecule has 27 heavy (non-hydrogen) atoms. The lowest BCUT2D eigenvalue weighted by molar-refractivity contribution is -0.340. The Morgan fingerprint density at radius 2 is 1.15 bits per heavy atom. The monoisotopic (exact) mass is 376 g/mol. The van der Waals surface area contributed by atoms with Crippen LogP contribution in [-0.2, 0) is 4.89 Å². The van der Waals surface area contributed by atoms with Gasteiger partial charge in [0, 0.05) is 0 Å². The third-order valence-electron chi connectivity index (χ3n) is 4.71. The first-order valence-electron chi connectivity index (χ1n) is 8.83. The van der Waals surface area contributed by atoms with Crippen molar-refractivity contribution in [3.8, 4) is 11.5 Å². The molecule has 0 bridgehead atoms. The second kappa shape index (κ2) is 9.19. The molecule has 6 heteroatoms. The van der Waals surface area contributed by atoms with Crippen LogP contribution >= 0.6 is 0 Å². The van der Waals surface area contributed by atoms with Crippen molar-refractivity contribution < 1.29 is 29.8 Å². The third kappa shape index (κ3) is 4.59. The highest BCUT2D eigenvalue weighted by Crippen LogP contribution is 2.32. The summed E-state index contributed by atoms with van der Waals surface area (Å²) in [6, 6.07) is 11.3. The summed E-state index contributed by atoms with van der Waals surface area (Å²) in [5.41, 5.74) is 1.99. The van der Waals surface area contributed by atoms with Gasteiger partial charge in [-0.2, -0.15) is 0 Å². The molecule has 2 aromatic carbocycles. The van der Waals surface area contributed by atoms with Crippen LogP contribution in [0.3, 0.4) is 0 Å². The summed E-state index contributed by atoms with van der Waals surface area (Å²) in [5.74, 6) is 1.07. The van der Waals surface area contributed by atoms with Crippen molar-refractivity contribution in [2.75, 3.05) is 19.8 Å². The molecule has 6 nitrogen and oxygen atoms in total. The Bertz CT molecular complexity index is 706. The van der Waals surface area contributed by atoms with Crippen molar-refractivity contribution >= 4 is 0 Å². The van der Waals surface area contributed by atoms with Crippen LogP contribution in [0.1, 0.15) is 22.3 Å². The molecule has 0 spiro atoms. The highest BCUT2D eigenvalue weighted by Gasteiger charge is 2.43. The predicted molar refractivity (Wildman–Crippen MR) is 102 cm³/mol. The Kier molecular flexibility index (Phi) is 7.21. The minimum absolute atomic E-state index is 0.523. The van der Waals surface area contributed by atoms with Crippen LogP contribution in [0.15, 0.2) is 36.4 Å². The van der Waals surface area contributed by atoms with Gasteiger partial charge in [-0.05, 0) is 49.9 Å². The summed E-state index contributed by atoms with van der Waals surface area (Å²) in [7, 11) is 0. The molecule has 0 aliphatic rings. The van der Waals surface area contributed by atoms with E-state index in [1.54, 1.807) is 0 Å². The lowest BCUT2D eigenvalue weighted by Gasteiger charge is -2.35. The number of benzene rings is 2. The average Bonchev–Trinajstić information content (AvgIpc) is 2.65. The Morgan fingerprint density at radius 3 is 1.56 bits per heavy atom. The average molecular weight is 376 g/mol. The van der Waals surface area contributed by atoms with E-state index in [1.807, 2.05) is 64.1 Å². The SMILES string of the molecule is Cc1cccc(C)c1OOC(Oc1c(C)cccc1C)C(CO)(CO)CO. The maximum atomic E-state index is 9.83. The van der Waals surface area contributed by atoms with E-state index in [0.29, 0.717) is 11.5 Å². The van der Waals surface area contributed by atoms with E-state index < -0.39 is 31.5 Å². The molecular formula is C21H28O6. The van der Waals surface area contributed by atoms with Crippen LogP contribution < -0.4 is 9.62 Å². The van der Waals surface area contributed by atoms with E-state index in [0.717, 1.165) is 22.3 Å². The zero-order valence-corrected chi connectivity index (χ0v) is 16.2. The summed E-state index contributed by atoms with van der Waals surface area (Å²) in [6.45, 7) is 5.87. The van der Waals surface area contributed by atoms with Gasteiger partial charge in [0.1, 0.15) is 11.2 Å². The van der Waals surface area contributed by atoms with Gasteiger partial charge in [-0.15, -0.1) is 4.89 Å². The van der Waals surface area contributed by atoms with Crippen LogP contribution in [-0.4, -0.2) is 41.4 Å². The van der Waals surface area contributed by atoms with Gasteiger partial charge < -0.3 is 24.9 Å². The number of rotatable bonds is 9. The summed E-state index contributed by atoms with van der Waals surface area (Å²) < 4.78 is 5.99. The van der Waals surface area contributed by atoms with Crippen LogP contribution in [0, 0.1) is 33.1 Å². The summed E-state index contributed by atoms with van der Waals surface area (Å²) in [5, 5.41) is 29.5. The van der Waals surface area contributed by atoms with E-state index in [1.165, 1.54) is 0 Å². The molecule has 1 atom stereocenters. The van der Waals surface area contributed by atoms with Crippen molar-refractivity contribution in [3.63, 3.8) is 0 Å². The molecule has 0 radical (unpaired) electrons. The lowest BCUT2D eigenvalue weighted by atomic mass is 9.90. The number of hydrogen-bond donors (Lipinski definition) is 3. The first-order valence-corrected chi connectivity index (χ1v) is 8.83. The van der Waals surface area contributed by atoms with Crippen LogP contribution in [0.5, 0.6) is 11.5 Å². The van der Waals surface area contributed by atoms with Gasteiger partial charge in [0.25, 0.3) is 6.29 Å². The third-order valence-corrected chi connectivity index (χ3v) is 4.71. The molecule has 3 N–H and O–H groups in total. The summed E-state index contributed by atoms with van der Waals surface area (Å²) >= 11 is 0. The van der Waals surface area contributed by atoms with Gasteiger partial charge in [0.05, 0.1) is 19.8 Å². The summed E-state index contributed by atoms with van der Waals surface area (Å²) in [4.78, 5) is 11.1. The molecule has 1 unspecified atom stereocenters. The molecule has 0 saturated heterocycles. The molecule has 0 saturated carbocycles. The van der Waals surface area contributed by atoms with E-state index in [4.69, 9.17) is 14.5 Å². The zero-order valence-electron chi connectivity index (χ0n) is 16.2. The largest absolute Gasteiger partial charge is 0.460 e. The van der Waals surface area contributed by atoms with Gasteiger partial charge >= 0.3 is 0 Å². The highest BCUT2D eigenvalue weighted by atomic mass is 17.2. The number of aryl methyl sites for hydroxylation is 4. The molecular weight excluding hydrogens is 348 g/mol. The van der Waals surface area contributed by atoms with E-state index in [-0.39, 0.29) is 0 Å². The Hall–Kier alpha value is -2.12. The van der Waals surface area contributed by atoms with Crippen LogP contribution in [0.25, 0.3) is 0 Å². The molecule has 0 aliphatic heterocycles. The van der Waals surface area contributed by atoms with Crippen molar-refractivity contribution in [2.24, 2.45) is 5.41 Å². The Morgan fingerprint density at radius 1 is 0.741 bits per heavy atom. The number of aliphatic hydroxyl groups excluding tert-OH is 3. The Balaban J connectivity index is 2.35. The molecule has 148 valence electrons. The maximum absolute atomic E-state index is 9.83. The van der Waals surface area contributed by atoms with E-state index in [9.17, 15) is 15.3 Å². The van der Waals surface area contributed by atoms with Crippen molar-refractivity contribution in [1.29, 1.82) is 0 Å². The lowest BCUT2D eigenvalue weighted by Crippen LogP contribution is -2.50. The summed E-state index contributed by atoms with van der Waals surface area (Å²) in [6.07, 6.45) is -1.24. The quantitative estimate of drug-likeness (QED) is 0.354.